The molecule has 0 amide bonds. The summed E-state index contributed by atoms with van der Waals surface area (Å²) in [5.74, 6) is -0.903. The Morgan fingerprint density at radius 3 is 2.30 bits per heavy atom. The number of aryl methyl sites for hydroxylation is 2. The average Bonchev–Trinajstić information content (AvgIpc) is 3.19. The summed E-state index contributed by atoms with van der Waals surface area (Å²) in [7, 11) is 0. The van der Waals surface area contributed by atoms with Gasteiger partial charge in [0.05, 0.1) is 13.0 Å². The standard InChI is InChI=1S/C30H32FN3O3/c1-30(2,3)24-16-12-21(13-17-24)19-34-29(37)32-26(33-34)9-4-6-20-10-14-22(15-11-20)25-8-5-7-23(28(25)31)18-27(35)36/h5,7-8,10-17H,4,6,9,18-19H2,1-3H3,(H,35,36)(H,32,33,37). The van der Waals surface area contributed by atoms with Crippen molar-refractivity contribution >= 4 is 5.97 Å². The van der Waals surface area contributed by atoms with Crippen molar-refractivity contribution < 1.29 is 14.3 Å². The molecule has 37 heavy (non-hydrogen) atoms. The van der Waals surface area contributed by atoms with Gasteiger partial charge in [0.2, 0.25) is 0 Å². The van der Waals surface area contributed by atoms with Crippen LogP contribution in [0.3, 0.4) is 0 Å². The zero-order valence-electron chi connectivity index (χ0n) is 21.4. The number of hydrogen-bond acceptors (Lipinski definition) is 3. The normalized spacial score (nSPS) is 11.6. The van der Waals surface area contributed by atoms with Crippen LogP contribution in [0.2, 0.25) is 0 Å². The van der Waals surface area contributed by atoms with E-state index in [1.165, 1.54) is 16.3 Å². The van der Waals surface area contributed by atoms with Crippen LogP contribution in [0.1, 0.15) is 55.3 Å². The van der Waals surface area contributed by atoms with Crippen LogP contribution in [0.25, 0.3) is 11.1 Å². The van der Waals surface area contributed by atoms with E-state index in [0.29, 0.717) is 29.9 Å². The zero-order valence-corrected chi connectivity index (χ0v) is 21.4. The van der Waals surface area contributed by atoms with Crippen LogP contribution in [0, 0.1) is 5.82 Å². The summed E-state index contributed by atoms with van der Waals surface area (Å²) in [6.45, 7) is 6.93. The van der Waals surface area contributed by atoms with Crippen molar-refractivity contribution in [2.75, 3.05) is 0 Å². The van der Waals surface area contributed by atoms with Crippen molar-refractivity contribution in [1.29, 1.82) is 0 Å². The van der Waals surface area contributed by atoms with Crippen LogP contribution in [0.15, 0.2) is 71.5 Å². The highest BCUT2D eigenvalue weighted by Gasteiger charge is 2.14. The van der Waals surface area contributed by atoms with E-state index in [-0.39, 0.29) is 23.1 Å². The van der Waals surface area contributed by atoms with Gasteiger partial charge < -0.3 is 5.11 Å². The van der Waals surface area contributed by atoms with Gasteiger partial charge in [0.1, 0.15) is 11.6 Å². The number of halogens is 1. The quantitative estimate of drug-likeness (QED) is 0.316. The molecule has 0 saturated carbocycles. The van der Waals surface area contributed by atoms with E-state index in [1.54, 1.807) is 12.1 Å². The maximum absolute atomic E-state index is 14.7. The fourth-order valence-corrected chi connectivity index (χ4v) is 4.32. The molecule has 0 fully saturated rings. The van der Waals surface area contributed by atoms with Crippen LogP contribution in [0.5, 0.6) is 0 Å². The molecule has 1 aromatic heterocycles. The number of carbonyl (C=O) groups is 1. The second-order valence-corrected chi connectivity index (χ2v) is 10.4. The highest BCUT2D eigenvalue weighted by atomic mass is 19.1. The second kappa shape index (κ2) is 10.9. The molecule has 2 N–H and O–H groups in total. The minimum atomic E-state index is -1.06. The lowest BCUT2D eigenvalue weighted by atomic mass is 9.87. The summed E-state index contributed by atoms with van der Waals surface area (Å²) < 4.78 is 16.2. The molecule has 0 unspecified atom stereocenters. The first-order valence-corrected chi connectivity index (χ1v) is 12.4. The number of rotatable bonds is 9. The highest BCUT2D eigenvalue weighted by Crippen LogP contribution is 2.26. The third kappa shape index (κ3) is 6.61. The molecule has 7 heteroatoms. The van der Waals surface area contributed by atoms with E-state index in [0.717, 1.165) is 24.0 Å². The van der Waals surface area contributed by atoms with Crippen molar-refractivity contribution in [2.45, 2.75) is 58.4 Å². The number of carboxylic acid groups (broad SMARTS) is 1. The Bertz CT molecular complexity index is 1430. The van der Waals surface area contributed by atoms with Crippen molar-refractivity contribution in [1.82, 2.24) is 14.8 Å². The molecule has 0 radical (unpaired) electrons. The monoisotopic (exact) mass is 501 g/mol. The minimum absolute atomic E-state index is 0.0818. The van der Waals surface area contributed by atoms with Crippen molar-refractivity contribution in [3.63, 3.8) is 0 Å². The van der Waals surface area contributed by atoms with E-state index in [9.17, 15) is 14.0 Å². The molecular formula is C30H32FN3O3. The van der Waals surface area contributed by atoms with E-state index in [1.807, 2.05) is 36.4 Å². The van der Waals surface area contributed by atoms with Gasteiger partial charge in [-0.25, -0.2) is 13.9 Å². The molecule has 3 aromatic carbocycles. The van der Waals surface area contributed by atoms with Gasteiger partial charge in [-0.15, -0.1) is 0 Å². The maximum atomic E-state index is 14.7. The van der Waals surface area contributed by atoms with E-state index < -0.39 is 11.8 Å². The Kier molecular flexibility index (Phi) is 7.71. The second-order valence-electron chi connectivity index (χ2n) is 10.4. The fraction of sp³-hybridized carbons (Fsp3) is 0.300. The topological polar surface area (TPSA) is 88.0 Å². The lowest BCUT2D eigenvalue weighted by molar-refractivity contribution is -0.136. The van der Waals surface area contributed by atoms with Crippen molar-refractivity contribution in [3.05, 3.63) is 111 Å². The minimum Gasteiger partial charge on any atom is -0.481 e. The lowest BCUT2D eigenvalue weighted by Crippen LogP contribution is -2.19. The summed E-state index contributed by atoms with van der Waals surface area (Å²) in [6.07, 6.45) is 1.87. The first-order chi connectivity index (χ1) is 17.6. The molecule has 0 aliphatic carbocycles. The fourth-order valence-electron chi connectivity index (χ4n) is 4.32. The highest BCUT2D eigenvalue weighted by molar-refractivity contribution is 5.72. The molecule has 0 aliphatic heterocycles. The Morgan fingerprint density at radius 1 is 0.973 bits per heavy atom. The number of aromatic amines is 1. The molecule has 0 bridgehead atoms. The number of nitrogens with one attached hydrogen (secondary N) is 1. The van der Waals surface area contributed by atoms with Crippen LogP contribution in [-0.2, 0) is 36.0 Å². The summed E-state index contributed by atoms with van der Waals surface area (Å²) in [4.78, 5) is 26.2. The summed E-state index contributed by atoms with van der Waals surface area (Å²) in [5, 5.41) is 13.4. The molecule has 4 aromatic rings. The molecule has 1 heterocycles. The smallest absolute Gasteiger partial charge is 0.343 e. The number of aliphatic carboxylic acids is 1. The van der Waals surface area contributed by atoms with Gasteiger partial charge in [-0.3, -0.25) is 9.78 Å². The van der Waals surface area contributed by atoms with Gasteiger partial charge in [0.15, 0.2) is 0 Å². The number of H-pyrrole nitrogens is 1. The molecule has 0 atom stereocenters. The molecular weight excluding hydrogens is 469 g/mol. The Labute approximate surface area is 215 Å². The van der Waals surface area contributed by atoms with Gasteiger partial charge in [0, 0.05) is 12.0 Å². The summed E-state index contributed by atoms with van der Waals surface area (Å²) in [5.41, 5.74) is 4.49. The van der Waals surface area contributed by atoms with Crippen LogP contribution >= 0.6 is 0 Å². The van der Waals surface area contributed by atoms with Crippen LogP contribution < -0.4 is 5.69 Å². The predicted molar refractivity (Wildman–Crippen MR) is 142 cm³/mol. The van der Waals surface area contributed by atoms with Crippen LogP contribution in [-0.4, -0.2) is 25.8 Å². The average molecular weight is 502 g/mol. The van der Waals surface area contributed by atoms with Crippen LogP contribution in [0.4, 0.5) is 4.39 Å². The SMILES string of the molecule is CC(C)(C)c1ccc(Cn2nc(CCCc3ccc(-c4cccc(CC(=O)O)c4F)cc3)[nH]c2=O)cc1. The van der Waals surface area contributed by atoms with Gasteiger partial charge in [-0.05, 0) is 46.1 Å². The molecule has 6 nitrogen and oxygen atoms in total. The van der Waals surface area contributed by atoms with Gasteiger partial charge in [0.25, 0.3) is 0 Å². The molecule has 0 aliphatic rings. The van der Waals surface area contributed by atoms with Crippen molar-refractivity contribution in [2.24, 2.45) is 0 Å². The maximum Gasteiger partial charge on any atom is 0.343 e. The van der Waals surface area contributed by atoms with Gasteiger partial charge in [-0.1, -0.05) is 87.5 Å². The van der Waals surface area contributed by atoms with E-state index in [2.05, 4.69) is 43.0 Å². The van der Waals surface area contributed by atoms with E-state index >= 15 is 0 Å². The summed E-state index contributed by atoms with van der Waals surface area (Å²) >= 11 is 0. The van der Waals surface area contributed by atoms with Gasteiger partial charge >= 0.3 is 11.7 Å². The Morgan fingerprint density at radius 2 is 1.65 bits per heavy atom. The molecule has 0 saturated heterocycles. The zero-order chi connectivity index (χ0) is 26.6. The lowest BCUT2D eigenvalue weighted by Gasteiger charge is -2.19. The molecule has 192 valence electrons. The molecule has 4 rings (SSSR count). The Balaban J connectivity index is 1.34. The number of aromatic nitrogens is 3. The van der Waals surface area contributed by atoms with E-state index in [4.69, 9.17) is 5.11 Å². The molecule has 0 spiro atoms. The third-order valence-corrected chi connectivity index (χ3v) is 6.44. The summed E-state index contributed by atoms with van der Waals surface area (Å²) in [6, 6.07) is 20.7. The Hall–Kier alpha value is -4.00. The number of carboxylic acids is 1. The van der Waals surface area contributed by atoms with Gasteiger partial charge in [-0.2, -0.15) is 5.10 Å². The number of benzene rings is 3. The first kappa shape index (κ1) is 26.1. The number of nitrogens with zero attached hydrogens (tertiary/aromatic N) is 2. The largest absolute Gasteiger partial charge is 0.481 e. The third-order valence-electron chi connectivity index (χ3n) is 6.44. The van der Waals surface area contributed by atoms with Crippen molar-refractivity contribution in [3.8, 4) is 11.1 Å². The first-order valence-electron chi connectivity index (χ1n) is 12.4. The predicted octanol–water partition coefficient (Wildman–Crippen LogP) is 5.53. The number of hydrogen-bond donors (Lipinski definition) is 2.